The monoisotopic (exact) mass is 186 g/mol. The number of nitrogens with one attached hydrogen (secondary N) is 2. The third-order valence-corrected chi connectivity index (χ3v) is 1.99. The minimum atomic E-state index is 0.764. The van der Waals surface area contributed by atoms with Crippen molar-refractivity contribution in [3.8, 4) is 0 Å². The zero-order valence-corrected chi connectivity index (χ0v) is 9.53. The van der Waals surface area contributed by atoms with Gasteiger partial charge in [-0.1, -0.05) is 33.6 Å². The molecule has 0 heterocycles. The maximum absolute atomic E-state index is 3.43. The van der Waals surface area contributed by atoms with Crippen LogP contribution in [0, 0.1) is 5.92 Å². The first-order valence-electron chi connectivity index (χ1n) is 5.68. The maximum atomic E-state index is 3.43. The number of rotatable bonds is 9. The van der Waals surface area contributed by atoms with E-state index in [2.05, 4.69) is 31.4 Å². The van der Waals surface area contributed by atoms with Gasteiger partial charge in [-0.3, -0.25) is 0 Å². The van der Waals surface area contributed by atoms with Crippen molar-refractivity contribution in [3.63, 3.8) is 0 Å². The van der Waals surface area contributed by atoms with Gasteiger partial charge in [-0.25, -0.2) is 0 Å². The zero-order chi connectivity index (χ0) is 9.94. The van der Waals surface area contributed by atoms with Crippen molar-refractivity contribution in [3.05, 3.63) is 0 Å². The van der Waals surface area contributed by atoms with E-state index in [-0.39, 0.29) is 0 Å². The normalized spacial score (nSPS) is 11.1. The maximum Gasteiger partial charge on any atom is 0.00768 e. The minimum absolute atomic E-state index is 0.764. The zero-order valence-electron chi connectivity index (χ0n) is 9.53. The molecule has 0 bridgehead atoms. The molecule has 0 aromatic heterocycles. The molecule has 0 saturated heterocycles. The molecule has 0 radical (unpaired) electrons. The lowest BCUT2D eigenvalue weighted by atomic mass is 10.2. The van der Waals surface area contributed by atoms with Gasteiger partial charge in [0.2, 0.25) is 0 Å². The summed E-state index contributed by atoms with van der Waals surface area (Å²) in [5.41, 5.74) is 0. The molecule has 0 aliphatic carbocycles. The van der Waals surface area contributed by atoms with Crippen LogP contribution in [0.5, 0.6) is 0 Å². The van der Waals surface area contributed by atoms with E-state index in [1.54, 1.807) is 0 Å². The molecular formula is C11H26N2. The van der Waals surface area contributed by atoms with Gasteiger partial charge in [0.15, 0.2) is 0 Å². The summed E-state index contributed by atoms with van der Waals surface area (Å²) in [7, 11) is 0. The molecule has 0 fully saturated rings. The fourth-order valence-electron chi connectivity index (χ4n) is 1.19. The summed E-state index contributed by atoms with van der Waals surface area (Å²) < 4.78 is 0. The van der Waals surface area contributed by atoms with Crippen molar-refractivity contribution in [2.75, 3.05) is 26.2 Å². The number of hydrogen-bond acceptors (Lipinski definition) is 2. The lowest BCUT2D eigenvalue weighted by molar-refractivity contribution is 0.529. The molecule has 0 unspecified atom stereocenters. The Labute approximate surface area is 83.5 Å². The second-order valence-corrected chi connectivity index (χ2v) is 4.06. The highest BCUT2D eigenvalue weighted by Gasteiger charge is 1.91. The van der Waals surface area contributed by atoms with Crippen LogP contribution >= 0.6 is 0 Å². The molecule has 0 aromatic rings. The van der Waals surface area contributed by atoms with Crippen LogP contribution in [-0.4, -0.2) is 26.2 Å². The summed E-state index contributed by atoms with van der Waals surface area (Å²) in [6, 6.07) is 0. The second-order valence-electron chi connectivity index (χ2n) is 4.06. The molecular weight excluding hydrogens is 160 g/mol. The molecule has 0 spiro atoms. The van der Waals surface area contributed by atoms with Crippen molar-refractivity contribution in [1.82, 2.24) is 10.6 Å². The highest BCUT2D eigenvalue weighted by atomic mass is 14.9. The summed E-state index contributed by atoms with van der Waals surface area (Å²) in [5.74, 6) is 0.764. The predicted octanol–water partition coefficient (Wildman–Crippen LogP) is 2.01. The van der Waals surface area contributed by atoms with E-state index in [0.29, 0.717) is 0 Å². The van der Waals surface area contributed by atoms with Crippen LogP contribution in [0.3, 0.4) is 0 Å². The first-order chi connectivity index (χ1) is 6.27. The van der Waals surface area contributed by atoms with Crippen LogP contribution in [0.1, 0.15) is 40.0 Å². The van der Waals surface area contributed by atoms with E-state index in [1.165, 1.54) is 25.8 Å². The summed E-state index contributed by atoms with van der Waals surface area (Å²) in [6.45, 7) is 11.2. The van der Waals surface area contributed by atoms with Gasteiger partial charge in [0.1, 0.15) is 0 Å². The lowest BCUT2D eigenvalue weighted by Gasteiger charge is -2.07. The molecule has 13 heavy (non-hydrogen) atoms. The lowest BCUT2D eigenvalue weighted by Crippen LogP contribution is -2.30. The molecule has 0 atom stereocenters. The van der Waals surface area contributed by atoms with E-state index < -0.39 is 0 Å². The Hall–Kier alpha value is -0.0800. The molecule has 2 N–H and O–H groups in total. The average molecular weight is 186 g/mol. The van der Waals surface area contributed by atoms with Crippen LogP contribution in [0.25, 0.3) is 0 Å². The minimum Gasteiger partial charge on any atom is -0.315 e. The summed E-state index contributed by atoms with van der Waals surface area (Å²) in [4.78, 5) is 0. The van der Waals surface area contributed by atoms with Crippen molar-refractivity contribution in [1.29, 1.82) is 0 Å². The first-order valence-corrected chi connectivity index (χ1v) is 5.68. The molecule has 0 aliphatic heterocycles. The number of hydrogen-bond donors (Lipinski definition) is 2. The van der Waals surface area contributed by atoms with Gasteiger partial charge in [-0.2, -0.15) is 0 Å². The highest BCUT2D eigenvalue weighted by Crippen LogP contribution is 1.90. The predicted molar refractivity (Wildman–Crippen MR) is 60.1 cm³/mol. The van der Waals surface area contributed by atoms with Gasteiger partial charge in [-0.05, 0) is 25.4 Å². The van der Waals surface area contributed by atoms with Crippen molar-refractivity contribution >= 4 is 0 Å². The van der Waals surface area contributed by atoms with Gasteiger partial charge < -0.3 is 10.6 Å². The van der Waals surface area contributed by atoms with E-state index in [0.717, 1.165) is 25.6 Å². The molecule has 80 valence electrons. The Kier molecular flexibility index (Phi) is 9.94. The van der Waals surface area contributed by atoms with E-state index in [9.17, 15) is 0 Å². The first kappa shape index (κ1) is 12.9. The van der Waals surface area contributed by atoms with Gasteiger partial charge in [0.25, 0.3) is 0 Å². The smallest absolute Gasteiger partial charge is 0.00768 e. The Morgan fingerprint density at radius 3 is 2.23 bits per heavy atom. The summed E-state index contributed by atoms with van der Waals surface area (Å²) >= 11 is 0. The topological polar surface area (TPSA) is 24.1 Å². The Bertz CT molecular complexity index is 92.1. The largest absolute Gasteiger partial charge is 0.315 e. The van der Waals surface area contributed by atoms with Crippen molar-refractivity contribution < 1.29 is 0 Å². The van der Waals surface area contributed by atoms with Crippen LogP contribution in [-0.2, 0) is 0 Å². The molecule has 0 aliphatic rings. The van der Waals surface area contributed by atoms with E-state index >= 15 is 0 Å². The molecule has 2 nitrogen and oxygen atoms in total. The third kappa shape index (κ3) is 11.9. The molecule has 0 amide bonds. The van der Waals surface area contributed by atoms with Crippen LogP contribution < -0.4 is 10.6 Å². The van der Waals surface area contributed by atoms with Gasteiger partial charge in [-0.15, -0.1) is 0 Å². The third-order valence-electron chi connectivity index (χ3n) is 1.99. The van der Waals surface area contributed by atoms with Crippen molar-refractivity contribution in [2.24, 2.45) is 5.92 Å². The highest BCUT2D eigenvalue weighted by molar-refractivity contribution is 4.54. The molecule has 0 saturated carbocycles. The summed E-state index contributed by atoms with van der Waals surface area (Å²) in [5, 5.41) is 6.84. The fourth-order valence-corrected chi connectivity index (χ4v) is 1.19. The Morgan fingerprint density at radius 2 is 1.62 bits per heavy atom. The van der Waals surface area contributed by atoms with Crippen LogP contribution in [0.4, 0.5) is 0 Å². The fraction of sp³-hybridized carbons (Fsp3) is 1.00. The molecule has 2 heteroatoms. The van der Waals surface area contributed by atoms with E-state index in [1.807, 2.05) is 0 Å². The Balaban J connectivity index is 2.84. The van der Waals surface area contributed by atoms with E-state index in [4.69, 9.17) is 0 Å². The van der Waals surface area contributed by atoms with Crippen molar-refractivity contribution in [2.45, 2.75) is 40.0 Å². The second kappa shape index (κ2) is 10.0. The SMILES string of the molecule is CCCCCNCCNCC(C)C. The average Bonchev–Trinajstić information content (AvgIpc) is 2.09. The van der Waals surface area contributed by atoms with Gasteiger partial charge in [0.05, 0.1) is 0 Å². The number of unbranched alkanes of at least 4 members (excludes halogenated alkanes) is 2. The molecule has 0 aromatic carbocycles. The molecule has 0 rings (SSSR count). The van der Waals surface area contributed by atoms with Gasteiger partial charge in [0, 0.05) is 13.1 Å². The van der Waals surface area contributed by atoms with Crippen LogP contribution in [0.15, 0.2) is 0 Å². The van der Waals surface area contributed by atoms with Crippen LogP contribution in [0.2, 0.25) is 0 Å². The summed E-state index contributed by atoms with van der Waals surface area (Å²) in [6.07, 6.45) is 3.99. The quantitative estimate of drug-likeness (QED) is 0.538. The van der Waals surface area contributed by atoms with Gasteiger partial charge >= 0.3 is 0 Å². The standard InChI is InChI=1S/C11H26N2/c1-4-5-6-7-12-8-9-13-10-11(2)3/h11-13H,4-10H2,1-3H3. The Morgan fingerprint density at radius 1 is 0.923 bits per heavy atom.